The lowest BCUT2D eigenvalue weighted by molar-refractivity contribution is 1.19. The zero-order valence-corrected chi connectivity index (χ0v) is 24.7. The monoisotopic (exact) mass is 566 g/mol. The third-order valence-corrected chi connectivity index (χ3v) is 10.5. The van der Waals surface area contributed by atoms with Gasteiger partial charge in [0.2, 0.25) is 0 Å². The van der Waals surface area contributed by atoms with Gasteiger partial charge in [0.05, 0.1) is 0 Å². The molecule has 178 valence electrons. The van der Waals surface area contributed by atoms with Gasteiger partial charge in [0, 0.05) is 49.6 Å². The number of hydrogen-bond donors (Lipinski definition) is 0. The van der Waals surface area contributed by atoms with Crippen LogP contribution in [0.4, 0.5) is 0 Å². The predicted molar refractivity (Wildman–Crippen MR) is 164 cm³/mol. The Hall–Kier alpha value is -1.28. The molecule has 0 aliphatic rings. The van der Waals surface area contributed by atoms with Crippen LogP contribution in [0.1, 0.15) is 5.56 Å². The maximum Gasteiger partial charge on any atom is 0.0217 e. The average Bonchev–Trinajstić information content (AvgIpc) is 2.90. The second-order valence-electron chi connectivity index (χ2n) is 7.37. The zero-order chi connectivity index (χ0) is 24.6. The van der Waals surface area contributed by atoms with E-state index in [-0.39, 0.29) is 0 Å². The van der Waals surface area contributed by atoms with Gasteiger partial charge in [-0.25, -0.2) is 0 Å². The summed E-state index contributed by atoms with van der Waals surface area (Å²) in [5.74, 6) is 0. The lowest BCUT2D eigenvalue weighted by Crippen LogP contribution is -1.88. The van der Waals surface area contributed by atoms with Gasteiger partial charge in [-0.3, -0.25) is 0 Å². The molecule has 0 radical (unpaired) electrons. The van der Waals surface area contributed by atoms with Gasteiger partial charge in [0.1, 0.15) is 0 Å². The molecule has 6 heteroatoms. The smallest absolute Gasteiger partial charge is 0.0217 e. The van der Waals surface area contributed by atoms with Crippen LogP contribution in [0.2, 0.25) is 0 Å². The van der Waals surface area contributed by atoms with Crippen molar-refractivity contribution in [3.63, 3.8) is 0 Å². The molecule has 0 aromatic heterocycles. The van der Waals surface area contributed by atoms with Crippen molar-refractivity contribution in [1.29, 1.82) is 0 Å². The molecule has 4 aromatic carbocycles. The molecule has 0 saturated heterocycles. The van der Waals surface area contributed by atoms with Crippen LogP contribution >= 0.6 is 70.6 Å². The standard InChI is InChI=1S/C29H26S6/c1-5-27-28(34-24-14-8-21(31-3)9-15-24)18-26(33-23-12-6-20(30-2)7-13-23)19-29(27)35-25-16-10-22(32-4)11-17-25/h5-19H,1H2,2-4H3. The van der Waals surface area contributed by atoms with Gasteiger partial charge in [0.15, 0.2) is 0 Å². The third-order valence-electron chi connectivity index (χ3n) is 5.15. The minimum atomic E-state index is 1.19. The first-order valence-electron chi connectivity index (χ1n) is 10.9. The summed E-state index contributed by atoms with van der Waals surface area (Å²) in [5.41, 5.74) is 1.19. The summed E-state index contributed by atoms with van der Waals surface area (Å²) in [6.45, 7) is 4.18. The van der Waals surface area contributed by atoms with Crippen molar-refractivity contribution in [3.8, 4) is 0 Å². The van der Waals surface area contributed by atoms with Gasteiger partial charge < -0.3 is 0 Å². The second-order valence-corrected chi connectivity index (χ2v) is 13.4. The maximum atomic E-state index is 4.18. The van der Waals surface area contributed by atoms with Crippen LogP contribution in [0.3, 0.4) is 0 Å². The molecule has 0 fully saturated rings. The minimum absolute atomic E-state index is 1.19. The first kappa shape index (κ1) is 26.8. The van der Waals surface area contributed by atoms with E-state index in [1.807, 2.05) is 17.8 Å². The molecule has 0 spiro atoms. The van der Waals surface area contributed by atoms with E-state index in [9.17, 15) is 0 Å². The van der Waals surface area contributed by atoms with Crippen molar-refractivity contribution in [1.82, 2.24) is 0 Å². The van der Waals surface area contributed by atoms with Crippen molar-refractivity contribution in [2.24, 2.45) is 0 Å². The summed E-state index contributed by atoms with van der Waals surface area (Å²) in [6.07, 6.45) is 8.33. The second kappa shape index (κ2) is 13.3. The molecule has 0 unspecified atom stereocenters. The summed E-state index contributed by atoms with van der Waals surface area (Å²) >= 11 is 10.7. The van der Waals surface area contributed by atoms with Crippen LogP contribution in [0, 0.1) is 0 Å². The fourth-order valence-electron chi connectivity index (χ4n) is 3.33. The molecule has 4 rings (SSSR count). The summed E-state index contributed by atoms with van der Waals surface area (Å²) in [7, 11) is 0. The highest BCUT2D eigenvalue weighted by molar-refractivity contribution is 8.01. The molecular weight excluding hydrogens is 541 g/mol. The highest BCUT2D eigenvalue weighted by Gasteiger charge is 2.13. The van der Waals surface area contributed by atoms with E-state index in [1.54, 1.807) is 58.8 Å². The van der Waals surface area contributed by atoms with E-state index >= 15 is 0 Å². The van der Waals surface area contributed by atoms with E-state index in [0.29, 0.717) is 0 Å². The highest BCUT2D eigenvalue weighted by atomic mass is 32.2. The number of hydrogen-bond acceptors (Lipinski definition) is 6. The summed E-state index contributed by atoms with van der Waals surface area (Å²) in [5, 5.41) is 0. The molecule has 35 heavy (non-hydrogen) atoms. The van der Waals surface area contributed by atoms with Crippen LogP contribution < -0.4 is 0 Å². The SMILES string of the molecule is C=Cc1c(Sc2ccc(SC)cc2)cc(Sc2ccc(SC)cc2)cc1Sc1ccc(SC)cc1. The van der Waals surface area contributed by atoms with Crippen LogP contribution in [-0.4, -0.2) is 18.8 Å². The van der Waals surface area contributed by atoms with E-state index in [4.69, 9.17) is 0 Å². The van der Waals surface area contributed by atoms with Gasteiger partial charge in [-0.2, -0.15) is 0 Å². The Kier molecular flexibility index (Phi) is 10.2. The van der Waals surface area contributed by atoms with Crippen molar-refractivity contribution in [2.75, 3.05) is 18.8 Å². The van der Waals surface area contributed by atoms with Crippen LogP contribution in [-0.2, 0) is 0 Å². The lowest BCUT2D eigenvalue weighted by atomic mass is 10.2. The Morgan fingerprint density at radius 3 is 1.09 bits per heavy atom. The molecule has 0 amide bonds. The summed E-state index contributed by atoms with van der Waals surface area (Å²) in [6, 6.07) is 31.0. The van der Waals surface area contributed by atoms with E-state index in [2.05, 4.69) is 110 Å². The Morgan fingerprint density at radius 1 is 0.457 bits per heavy atom. The Morgan fingerprint density at radius 2 is 0.771 bits per heavy atom. The normalized spacial score (nSPS) is 10.9. The Balaban J connectivity index is 1.71. The maximum absolute atomic E-state index is 4.18. The fourth-order valence-corrected chi connectivity index (χ4v) is 7.69. The molecule has 4 aromatic rings. The van der Waals surface area contributed by atoms with Gasteiger partial charge in [0.25, 0.3) is 0 Å². The molecule has 0 heterocycles. The van der Waals surface area contributed by atoms with Crippen LogP contribution in [0.25, 0.3) is 6.08 Å². The number of benzene rings is 4. The fraction of sp³-hybridized carbons (Fsp3) is 0.103. The molecule has 0 N–H and O–H groups in total. The lowest BCUT2D eigenvalue weighted by Gasteiger charge is -2.15. The largest absolute Gasteiger partial charge is 0.130 e. The minimum Gasteiger partial charge on any atom is -0.130 e. The molecule has 0 aliphatic heterocycles. The van der Waals surface area contributed by atoms with E-state index in [1.165, 1.54) is 49.6 Å². The molecule has 0 atom stereocenters. The molecule has 0 bridgehead atoms. The highest BCUT2D eigenvalue weighted by Crippen LogP contribution is 2.43. The zero-order valence-electron chi connectivity index (χ0n) is 19.8. The van der Waals surface area contributed by atoms with Crippen molar-refractivity contribution >= 4 is 76.6 Å². The Labute approximate surface area is 234 Å². The first-order chi connectivity index (χ1) is 17.1. The Bertz CT molecular complexity index is 1190. The van der Waals surface area contributed by atoms with Crippen molar-refractivity contribution < 1.29 is 0 Å². The van der Waals surface area contributed by atoms with Crippen LogP contribution in [0.5, 0.6) is 0 Å². The summed E-state index contributed by atoms with van der Waals surface area (Å²) in [4.78, 5) is 11.2. The molecular formula is C29H26S6. The summed E-state index contributed by atoms with van der Waals surface area (Å²) < 4.78 is 0. The van der Waals surface area contributed by atoms with Gasteiger partial charge in [-0.15, -0.1) is 35.3 Å². The molecule has 0 saturated carbocycles. The van der Waals surface area contributed by atoms with E-state index < -0.39 is 0 Å². The predicted octanol–water partition coefficient (Wildman–Crippen LogP) is 10.9. The number of rotatable bonds is 10. The topological polar surface area (TPSA) is 0 Å². The van der Waals surface area contributed by atoms with Gasteiger partial charge in [-0.05, 0) is 104 Å². The first-order valence-corrected chi connectivity index (χ1v) is 17.0. The number of thioether (sulfide) groups is 3. The van der Waals surface area contributed by atoms with Crippen molar-refractivity contribution in [3.05, 3.63) is 97.1 Å². The molecule has 0 aliphatic carbocycles. The molecule has 0 nitrogen and oxygen atoms in total. The third kappa shape index (κ3) is 7.37. The van der Waals surface area contributed by atoms with E-state index in [0.717, 1.165) is 0 Å². The quantitative estimate of drug-likeness (QED) is 0.174. The average molecular weight is 567 g/mol. The van der Waals surface area contributed by atoms with Gasteiger partial charge >= 0.3 is 0 Å². The van der Waals surface area contributed by atoms with Crippen molar-refractivity contribution in [2.45, 2.75) is 44.1 Å². The van der Waals surface area contributed by atoms with Gasteiger partial charge in [-0.1, -0.05) is 47.9 Å². The van der Waals surface area contributed by atoms with Crippen LogP contribution in [0.15, 0.2) is 136 Å².